The number of hydrogen-bond acceptors (Lipinski definition) is 2. The number of rotatable bonds is 2. The monoisotopic (exact) mass is 385 g/mol. The Hall–Kier alpha value is -2.85. The molecule has 29 heavy (non-hydrogen) atoms. The van der Waals surface area contributed by atoms with Gasteiger partial charge in [0.2, 0.25) is 0 Å². The second kappa shape index (κ2) is 6.60. The molecule has 2 aromatic heterocycles. The van der Waals surface area contributed by atoms with Crippen molar-refractivity contribution in [1.29, 1.82) is 0 Å². The third-order valence-corrected chi connectivity index (χ3v) is 6.16. The van der Waals surface area contributed by atoms with Crippen molar-refractivity contribution >= 4 is 21.8 Å². The van der Waals surface area contributed by atoms with Crippen LogP contribution in [-0.4, -0.2) is 21.4 Å². The molecule has 2 aromatic carbocycles. The van der Waals surface area contributed by atoms with Crippen molar-refractivity contribution in [3.63, 3.8) is 0 Å². The van der Waals surface area contributed by atoms with Gasteiger partial charge in [-0.05, 0) is 41.0 Å². The molecule has 0 unspecified atom stereocenters. The molecule has 2 N–H and O–H groups in total. The molecule has 0 bridgehead atoms. The molecule has 1 aliphatic heterocycles. The normalized spacial score (nSPS) is 17.7. The molecule has 3 heterocycles. The molecule has 5 rings (SSSR count). The maximum absolute atomic E-state index is 12.8. The topological polar surface area (TPSA) is 51.9 Å². The lowest BCUT2D eigenvalue weighted by Gasteiger charge is -2.43. The number of H-pyrrole nitrogens is 2. The lowest BCUT2D eigenvalue weighted by atomic mass is 9.79. The summed E-state index contributed by atoms with van der Waals surface area (Å²) in [6.45, 7) is 8.46. The summed E-state index contributed by atoms with van der Waals surface area (Å²) in [4.78, 5) is 22.0. The van der Waals surface area contributed by atoms with E-state index in [2.05, 4.69) is 72.0 Å². The highest BCUT2D eigenvalue weighted by atomic mass is 16.1. The molecule has 148 valence electrons. The fraction of sp³-hybridized carbons (Fsp3) is 0.320. The average Bonchev–Trinajstić information content (AvgIpc) is 3.05. The first-order valence-corrected chi connectivity index (χ1v) is 10.4. The fourth-order valence-electron chi connectivity index (χ4n) is 4.97. The van der Waals surface area contributed by atoms with E-state index in [9.17, 15) is 4.79 Å². The van der Waals surface area contributed by atoms with Crippen LogP contribution < -0.4 is 5.56 Å². The van der Waals surface area contributed by atoms with Crippen LogP contribution in [0.3, 0.4) is 0 Å². The van der Waals surface area contributed by atoms with Gasteiger partial charge in [-0.2, -0.15) is 0 Å². The van der Waals surface area contributed by atoms with Crippen molar-refractivity contribution in [2.45, 2.75) is 39.8 Å². The van der Waals surface area contributed by atoms with Gasteiger partial charge in [-0.1, -0.05) is 57.2 Å². The molecular weight excluding hydrogens is 358 g/mol. The standard InChI is InChI=1S/C25H27N3O/c1-25(2,3)23-22-19(18-9-5-7-11-21(18)26-22)12-13-28(23)15-17-14-16-8-4-6-10-20(16)27-24(17)29/h4-11,14,23,26H,12-13,15H2,1-3H3,(H,27,29)/t23-/m1/s1. The van der Waals surface area contributed by atoms with Crippen LogP contribution in [0.5, 0.6) is 0 Å². The molecule has 0 aliphatic carbocycles. The molecule has 4 aromatic rings. The van der Waals surface area contributed by atoms with Gasteiger partial charge in [0.25, 0.3) is 5.56 Å². The smallest absolute Gasteiger partial charge is 0.252 e. The number of nitrogens with one attached hydrogen (secondary N) is 2. The molecule has 0 saturated heterocycles. The van der Waals surface area contributed by atoms with Gasteiger partial charge >= 0.3 is 0 Å². The molecule has 0 saturated carbocycles. The molecule has 0 fully saturated rings. The van der Waals surface area contributed by atoms with Crippen molar-refractivity contribution < 1.29 is 0 Å². The van der Waals surface area contributed by atoms with E-state index in [1.807, 2.05) is 18.2 Å². The van der Waals surface area contributed by atoms with E-state index >= 15 is 0 Å². The molecular formula is C25H27N3O. The molecule has 4 heteroatoms. The predicted molar refractivity (Wildman–Crippen MR) is 119 cm³/mol. The zero-order valence-electron chi connectivity index (χ0n) is 17.3. The number of para-hydroxylation sites is 2. The third kappa shape index (κ3) is 3.08. The van der Waals surface area contributed by atoms with E-state index in [0.717, 1.165) is 29.4 Å². The van der Waals surface area contributed by atoms with E-state index in [4.69, 9.17) is 0 Å². The summed E-state index contributed by atoms with van der Waals surface area (Å²) >= 11 is 0. The Morgan fingerprint density at radius 3 is 2.52 bits per heavy atom. The van der Waals surface area contributed by atoms with Crippen LogP contribution in [0.1, 0.15) is 43.6 Å². The molecule has 1 aliphatic rings. The van der Waals surface area contributed by atoms with Crippen LogP contribution in [0.25, 0.3) is 21.8 Å². The molecule has 0 spiro atoms. The minimum absolute atomic E-state index is 0.0128. The number of benzene rings is 2. The van der Waals surface area contributed by atoms with E-state index in [1.165, 1.54) is 22.2 Å². The summed E-state index contributed by atoms with van der Waals surface area (Å²) in [5, 5.41) is 2.41. The summed E-state index contributed by atoms with van der Waals surface area (Å²) in [6, 6.07) is 18.8. The quantitative estimate of drug-likeness (QED) is 0.501. The Labute approximate surface area is 170 Å². The predicted octanol–water partition coefficient (Wildman–Crippen LogP) is 5.15. The van der Waals surface area contributed by atoms with Crippen molar-refractivity contribution in [2.75, 3.05) is 6.54 Å². The molecule has 0 radical (unpaired) electrons. The van der Waals surface area contributed by atoms with E-state index in [0.29, 0.717) is 6.54 Å². The first-order valence-electron chi connectivity index (χ1n) is 10.4. The van der Waals surface area contributed by atoms with E-state index in [1.54, 1.807) is 0 Å². The summed E-state index contributed by atoms with van der Waals surface area (Å²) in [5.74, 6) is 0. The highest BCUT2D eigenvalue weighted by Gasteiger charge is 2.38. The van der Waals surface area contributed by atoms with Gasteiger partial charge in [-0.3, -0.25) is 9.69 Å². The number of fused-ring (bicyclic) bond motifs is 4. The summed E-state index contributed by atoms with van der Waals surface area (Å²) in [6.07, 6.45) is 0.997. The highest BCUT2D eigenvalue weighted by Crippen LogP contribution is 2.44. The summed E-state index contributed by atoms with van der Waals surface area (Å²) < 4.78 is 0. The van der Waals surface area contributed by atoms with Crippen LogP contribution >= 0.6 is 0 Å². The van der Waals surface area contributed by atoms with Gasteiger partial charge in [0.1, 0.15) is 0 Å². The Morgan fingerprint density at radius 1 is 1.00 bits per heavy atom. The number of aromatic amines is 2. The van der Waals surface area contributed by atoms with Crippen molar-refractivity contribution in [3.05, 3.63) is 81.8 Å². The minimum atomic E-state index is 0.0128. The minimum Gasteiger partial charge on any atom is -0.357 e. The van der Waals surface area contributed by atoms with Gasteiger partial charge in [0.05, 0.1) is 6.04 Å². The Morgan fingerprint density at radius 2 is 1.72 bits per heavy atom. The lowest BCUT2D eigenvalue weighted by molar-refractivity contribution is 0.0790. The molecule has 4 nitrogen and oxygen atoms in total. The van der Waals surface area contributed by atoms with Crippen molar-refractivity contribution in [2.24, 2.45) is 5.41 Å². The van der Waals surface area contributed by atoms with Gasteiger partial charge in [-0.15, -0.1) is 0 Å². The molecule has 0 amide bonds. The first-order chi connectivity index (χ1) is 13.9. The van der Waals surface area contributed by atoms with Crippen LogP contribution in [0.15, 0.2) is 59.4 Å². The second-order valence-electron chi connectivity index (χ2n) is 9.26. The summed E-state index contributed by atoms with van der Waals surface area (Å²) in [5.41, 5.74) is 5.73. The maximum atomic E-state index is 12.8. The summed E-state index contributed by atoms with van der Waals surface area (Å²) in [7, 11) is 0. The van der Waals surface area contributed by atoms with E-state index in [-0.39, 0.29) is 17.0 Å². The van der Waals surface area contributed by atoms with Gasteiger partial charge in [0, 0.05) is 40.8 Å². The van der Waals surface area contributed by atoms with E-state index < -0.39 is 0 Å². The average molecular weight is 386 g/mol. The van der Waals surface area contributed by atoms with Crippen LogP contribution in [0.2, 0.25) is 0 Å². The second-order valence-corrected chi connectivity index (χ2v) is 9.26. The van der Waals surface area contributed by atoms with Crippen molar-refractivity contribution in [3.8, 4) is 0 Å². The Kier molecular flexibility index (Phi) is 4.14. The number of hydrogen-bond donors (Lipinski definition) is 2. The van der Waals surface area contributed by atoms with Gasteiger partial charge < -0.3 is 9.97 Å². The van der Waals surface area contributed by atoms with Crippen LogP contribution in [0, 0.1) is 5.41 Å². The van der Waals surface area contributed by atoms with Crippen LogP contribution in [0.4, 0.5) is 0 Å². The first kappa shape index (κ1) is 18.2. The van der Waals surface area contributed by atoms with Gasteiger partial charge in [0.15, 0.2) is 0 Å². The van der Waals surface area contributed by atoms with Gasteiger partial charge in [-0.25, -0.2) is 0 Å². The SMILES string of the molecule is CC(C)(C)[C@H]1c2[nH]c3ccccc3c2CCN1Cc1cc2ccccc2[nH]c1=O. The number of pyridine rings is 1. The zero-order chi connectivity index (χ0) is 20.2. The number of aromatic nitrogens is 2. The lowest BCUT2D eigenvalue weighted by Crippen LogP contribution is -2.42. The highest BCUT2D eigenvalue weighted by molar-refractivity contribution is 5.85. The van der Waals surface area contributed by atoms with Crippen LogP contribution in [-0.2, 0) is 13.0 Å². The largest absolute Gasteiger partial charge is 0.357 e. The van der Waals surface area contributed by atoms with Crippen molar-refractivity contribution in [1.82, 2.24) is 14.9 Å². The maximum Gasteiger partial charge on any atom is 0.252 e. The fourth-order valence-corrected chi connectivity index (χ4v) is 4.97. The molecule has 1 atom stereocenters. The zero-order valence-corrected chi connectivity index (χ0v) is 17.3. The Bertz CT molecular complexity index is 1260. The Balaban J connectivity index is 1.58. The third-order valence-electron chi connectivity index (χ3n) is 6.16. The number of nitrogens with zero attached hydrogens (tertiary/aromatic N) is 1.